The molecule has 146 valence electrons. The molecule has 0 radical (unpaired) electrons. The maximum Gasteiger partial charge on any atom is 0.192 e. The monoisotopic (exact) mass is 383 g/mol. The van der Waals surface area contributed by atoms with Gasteiger partial charge in [0.05, 0.1) is 5.70 Å². The van der Waals surface area contributed by atoms with Crippen LogP contribution in [0.1, 0.15) is 66.6 Å². The number of carbonyl (C=O) groups is 2. The van der Waals surface area contributed by atoms with Crippen LogP contribution in [-0.2, 0) is 11.2 Å². The Kier molecular flexibility index (Phi) is 3.92. The summed E-state index contributed by atoms with van der Waals surface area (Å²) < 4.78 is 0. The minimum atomic E-state index is -0.296. The number of nitrogens with one attached hydrogen (secondary N) is 1. The van der Waals surface area contributed by atoms with Crippen LogP contribution in [-0.4, -0.2) is 11.6 Å². The highest BCUT2D eigenvalue weighted by Gasteiger charge is 2.46. The number of rotatable bonds is 2. The van der Waals surface area contributed by atoms with E-state index in [2.05, 4.69) is 50.4 Å². The Hall–Kier alpha value is -2.94. The van der Waals surface area contributed by atoms with Gasteiger partial charge in [0.1, 0.15) is 0 Å². The van der Waals surface area contributed by atoms with Gasteiger partial charge >= 0.3 is 0 Å². The molecule has 0 saturated heterocycles. The lowest BCUT2D eigenvalue weighted by Crippen LogP contribution is -2.37. The van der Waals surface area contributed by atoms with E-state index >= 15 is 0 Å². The molecule has 3 heteroatoms. The van der Waals surface area contributed by atoms with Crippen LogP contribution in [0.5, 0.6) is 0 Å². The van der Waals surface area contributed by atoms with E-state index in [4.69, 9.17) is 0 Å². The third-order valence-corrected chi connectivity index (χ3v) is 6.45. The van der Waals surface area contributed by atoms with E-state index in [1.807, 2.05) is 24.3 Å². The largest absolute Gasteiger partial charge is 0.358 e. The summed E-state index contributed by atoms with van der Waals surface area (Å²) in [4.78, 5) is 26.7. The number of hydrogen-bond acceptors (Lipinski definition) is 3. The third kappa shape index (κ3) is 2.71. The van der Waals surface area contributed by atoms with Crippen molar-refractivity contribution in [1.82, 2.24) is 5.32 Å². The molecule has 0 aromatic heterocycles. The highest BCUT2D eigenvalue weighted by Crippen LogP contribution is 2.51. The van der Waals surface area contributed by atoms with Crippen LogP contribution in [0.3, 0.4) is 0 Å². The summed E-state index contributed by atoms with van der Waals surface area (Å²) in [5.41, 5.74) is 7.26. The molecule has 0 bridgehead atoms. The molecule has 0 amide bonds. The SMILES string of the molecule is CCc1ccc(C2C3=C(CC(C)(C)CC3=O)NC3=C2C(=O)c2ccccc23)cc1. The first-order valence-corrected chi connectivity index (χ1v) is 10.4. The number of dihydropyridines is 1. The van der Waals surface area contributed by atoms with Crippen molar-refractivity contribution >= 4 is 17.3 Å². The van der Waals surface area contributed by atoms with Gasteiger partial charge < -0.3 is 5.32 Å². The Bertz CT molecular complexity index is 1120. The minimum Gasteiger partial charge on any atom is -0.358 e. The van der Waals surface area contributed by atoms with Crippen molar-refractivity contribution in [2.45, 2.75) is 46.0 Å². The van der Waals surface area contributed by atoms with Crippen molar-refractivity contribution < 1.29 is 9.59 Å². The number of ketones is 2. The van der Waals surface area contributed by atoms with E-state index in [-0.39, 0.29) is 22.9 Å². The second kappa shape index (κ2) is 6.28. The van der Waals surface area contributed by atoms with Crippen molar-refractivity contribution in [2.24, 2.45) is 5.41 Å². The third-order valence-electron chi connectivity index (χ3n) is 6.45. The molecule has 0 fully saturated rings. The molecule has 1 N–H and O–H groups in total. The summed E-state index contributed by atoms with van der Waals surface area (Å²) in [6.45, 7) is 6.41. The van der Waals surface area contributed by atoms with Crippen molar-refractivity contribution in [3.05, 3.63) is 87.6 Å². The molecule has 0 spiro atoms. The van der Waals surface area contributed by atoms with E-state index in [0.29, 0.717) is 6.42 Å². The maximum absolute atomic E-state index is 13.4. The average molecular weight is 383 g/mol. The molecule has 2 aromatic rings. The van der Waals surface area contributed by atoms with Gasteiger partial charge in [-0.25, -0.2) is 0 Å². The average Bonchev–Trinajstić information content (AvgIpc) is 2.98. The molecule has 2 aliphatic carbocycles. The first kappa shape index (κ1) is 18.1. The van der Waals surface area contributed by atoms with Crippen LogP contribution < -0.4 is 5.32 Å². The van der Waals surface area contributed by atoms with Gasteiger partial charge in [0.15, 0.2) is 11.6 Å². The molecule has 3 aliphatic rings. The summed E-state index contributed by atoms with van der Waals surface area (Å²) in [5.74, 6) is -0.101. The molecule has 0 saturated carbocycles. The van der Waals surface area contributed by atoms with Crippen LogP contribution in [0.15, 0.2) is 65.4 Å². The zero-order valence-electron chi connectivity index (χ0n) is 17.1. The van der Waals surface area contributed by atoms with Gasteiger partial charge in [0.25, 0.3) is 0 Å². The van der Waals surface area contributed by atoms with Crippen LogP contribution in [0.2, 0.25) is 0 Å². The Labute approximate surface area is 171 Å². The number of aryl methyl sites for hydroxylation is 1. The van der Waals surface area contributed by atoms with E-state index in [9.17, 15) is 9.59 Å². The number of benzene rings is 2. The van der Waals surface area contributed by atoms with E-state index in [1.54, 1.807) is 0 Å². The topological polar surface area (TPSA) is 46.2 Å². The van der Waals surface area contributed by atoms with Crippen molar-refractivity contribution in [2.75, 3.05) is 0 Å². The van der Waals surface area contributed by atoms with Gasteiger partial charge in [0.2, 0.25) is 0 Å². The molecule has 1 aliphatic heterocycles. The number of Topliss-reactive ketones (excluding diaryl/α,β-unsaturated/α-hetero) is 2. The zero-order chi connectivity index (χ0) is 20.3. The Balaban J connectivity index is 1.73. The fraction of sp³-hybridized carbons (Fsp3) is 0.308. The predicted octanol–water partition coefficient (Wildman–Crippen LogP) is 5.19. The lowest BCUT2D eigenvalue weighted by molar-refractivity contribution is -0.118. The van der Waals surface area contributed by atoms with Crippen LogP contribution >= 0.6 is 0 Å². The van der Waals surface area contributed by atoms with Gasteiger partial charge in [-0.3, -0.25) is 9.59 Å². The van der Waals surface area contributed by atoms with E-state index in [1.165, 1.54) is 5.56 Å². The Morgan fingerprint density at radius 2 is 1.62 bits per heavy atom. The summed E-state index contributed by atoms with van der Waals surface area (Å²) >= 11 is 0. The summed E-state index contributed by atoms with van der Waals surface area (Å²) in [7, 11) is 0. The van der Waals surface area contributed by atoms with Crippen molar-refractivity contribution in [1.29, 1.82) is 0 Å². The van der Waals surface area contributed by atoms with Gasteiger partial charge in [-0.1, -0.05) is 69.3 Å². The first-order chi connectivity index (χ1) is 13.9. The summed E-state index contributed by atoms with van der Waals surface area (Å²) in [6, 6.07) is 16.2. The molecule has 2 aromatic carbocycles. The number of hydrogen-bond donors (Lipinski definition) is 1. The number of carbonyl (C=O) groups excluding carboxylic acids is 2. The van der Waals surface area contributed by atoms with Crippen LogP contribution in [0, 0.1) is 5.41 Å². The molecule has 1 atom stereocenters. The smallest absolute Gasteiger partial charge is 0.192 e. The van der Waals surface area contributed by atoms with Gasteiger partial charge in [-0.05, 0) is 29.4 Å². The lowest BCUT2D eigenvalue weighted by Gasteiger charge is -2.39. The van der Waals surface area contributed by atoms with Gasteiger partial charge in [-0.2, -0.15) is 0 Å². The molecular weight excluding hydrogens is 358 g/mol. The van der Waals surface area contributed by atoms with Gasteiger partial charge in [0, 0.05) is 40.3 Å². The molecular formula is C26H25NO2. The fourth-order valence-electron chi connectivity index (χ4n) is 5.07. The van der Waals surface area contributed by atoms with Gasteiger partial charge in [-0.15, -0.1) is 0 Å². The Morgan fingerprint density at radius 3 is 2.31 bits per heavy atom. The normalized spacial score (nSPS) is 22.2. The summed E-state index contributed by atoms with van der Waals surface area (Å²) in [6.07, 6.45) is 2.29. The quantitative estimate of drug-likeness (QED) is 0.777. The lowest BCUT2D eigenvalue weighted by atomic mass is 9.68. The van der Waals surface area contributed by atoms with E-state index < -0.39 is 0 Å². The molecule has 1 unspecified atom stereocenters. The number of allylic oxidation sites excluding steroid dienone is 3. The Morgan fingerprint density at radius 1 is 0.931 bits per heavy atom. The minimum absolute atomic E-state index is 0.0388. The zero-order valence-corrected chi connectivity index (χ0v) is 17.1. The maximum atomic E-state index is 13.4. The first-order valence-electron chi connectivity index (χ1n) is 10.4. The second-order valence-corrected chi connectivity index (χ2v) is 9.15. The van der Waals surface area contributed by atoms with Crippen LogP contribution in [0.4, 0.5) is 0 Å². The highest BCUT2D eigenvalue weighted by atomic mass is 16.1. The fourth-order valence-corrected chi connectivity index (χ4v) is 5.07. The molecule has 5 rings (SSSR count). The van der Waals surface area contributed by atoms with Crippen molar-refractivity contribution in [3.8, 4) is 0 Å². The van der Waals surface area contributed by atoms with Crippen molar-refractivity contribution in [3.63, 3.8) is 0 Å². The molecule has 3 nitrogen and oxygen atoms in total. The highest BCUT2D eigenvalue weighted by molar-refractivity contribution is 6.23. The van der Waals surface area contributed by atoms with E-state index in [0.717, 1.165) is 52.1 Å². The standard InChI is InChI=1S/C26H25NO2/c1-4-15-9-11-16(12-10-15)21-22-19(13-26(2,3)14-20(22)28)27-24-17-7-5-6-8-18(17)25(29)23(21)24/h5-12,21,27H,4,13-14H2,1-3H3. The summed E-state index contributed by atoms with van der Waals surface area (Å²) in [5, 5.41) is 3.53. The second-order valence-electron chi connectivity index (χ2n) is 9.15. The molecule has 1 heterocycles. The number of fused-ring (bicyclic) bond motifs is 2. The van der Waals surface area contributed by atoms with Crippen LogP contribution in [0.25, 0.3) is 5.70 Å². The predicted molar refractivity (Wildman–Crippen MR) is 114 cm³/mol. The molecule has 29 heavy (non-hydrogen) atoms.